The van der Waals surface area contributed by atoms with Crippen LogP contribution in [0.4, 0.5) is 11.4 Å². The number of nitrogens with two attached hydrogens (primary N) is 1. The molecule has 0 bridgehead atoms. The Morgan fingerprint density at radius 1 is 1.47 bits per heavy atom. The smallest absolute Gasteiger partial charge is 0.219 e. The van der Waals surface area contributed by atoms with E-state index in [1.807, 2.05) is 24.3 Å². The highest BCUT2D eigenvalue weighted by atomic mass is 16.1. The second kappa shape index (κ2) is 6.78. The molecule has 3 N–H and O–H groups in total. The zero-order valence-electron chi connectivity index (χ0n) is 10.6. The van der Waals surface area contributed by atoms with Gasteiger partial charge in [0.1, 0.15) is 0 Å². The van der Waals surface area contributed by atoms with Crippen molar-refractivity contribution in [2.45, 2.75) is 19.8 Å². The summed E-state index contributed by atoms with van der Waals surface area (Å²) in [6, 6.07) is 7.83. The summed E-state index contributed by atoms with van der Waals surface area (Å²) < 4.78 is 0. The molecule has 4 nitrogen and oxygen atoms in total. The third-order valence-corrected chi connectivity index (χ3v) is 2.73. The topological polar surface area (TPSA) is 58.4 Å². The number of carbonyl (C=O) groups is 1. The summed E-state index contributed by atoms with van der Waals surface area (Å²) in [5, 5.41) is 2.63. The fourth-order valence-corrected chi connectivity index (χ4v) is 1.75. The minimum Gasteiger partial charge on any atom is -0.399 e. The van der Waals surface area contributed by atoms with Crippen LogP contribution >= 0.6 is 0 Å². The van der Waals surface area contributed by atoms with Crippen LogP contribution in [0, 0.1) is 0 Å². The molecule has 1 rings (SSSR count). The molecule has 0 spiro atoms. The van der Waals surface area contributed by atoms with Gasteiger partial charge in [-0.15, -0.1) is 0 Å². The predicted octanol–water partition coefficient (Wildman–Crippen LogP) is 1.62. The molecule has 4 heteroatoms. The molecule has 0 heterocycles. The van der Waals surface area contributed by atoms with Crippen molar-refractivity contribution in [2.24, 2.45) is 0 Å². The van der Waals surface area contributed by atoms with Crippen LogP contribution in [0.1, 0.15) is 19.8 Å². The van der Waals surface area contributed by atoms with E-state index >= 15 is 0 Å². The number of nitrogens with one attached hydrogen (secondary N) is 1. The van der Waals surface area contributed by atoms with E-state index in [4.69, 9.17) is 5.73 Å². The maximum atomic E-state index is 11.1. The van der Waals surface area contributed by atoms with Crippen LogP contribution in [0.15, 0.2) is 24.3 Å². The van der Waals surface area contributed by atoms with Crippen LogP contribution in [0.5, 0.6) is 0 Å². The summed E-state index contributed by atoms with van der Waals surface area (Å²) in [6.07, 6.45) is 1.41. The summed E-state index contributed by atoms with van der Waals surface area (Å²) >= 11 is 0. The average Bonchev–Trinajstić information content (AvgIpc) is 2.34. The first-order valence-corrected chi connectivity index (χ1v) is 5.98. The van der Waals surface area contributed by atoms with Gasteiger partial charge in [-0.3, -0.25) is 4.79 Å². The lowest BCUT2D eigenvalue weighted by Gasteiger charge is -2.23. The molecule has 0 saturated carbocycles. The molecule has 0 unspecified atom stereocenters. The van der Waals surface area contributed by atoms with Crippen molar-refractivity contribution in [1.29, 1.82) is 0 Å². The molecular formula is C13H21N3O. The van der Waals surface area contributed by atoms with Crippen LogP contribution < -0.4 is 16.0 Å². The van der Waals surface area contributed by atoms with E-state index < -0.39 is 0 Å². The Morgan fingerprint density at radius 2 is 2.24 bits per heavy atom. The number of anilines is 2. The van der Waals surface area contributed by atoms with E-state index in [0.29, 0.717) is 6.42 Å². The molecular weight excluding hydrogens is 214 g/mol. The van der Waals surface area contributed by atoms with Crippen LogP contribution in [-0.2, 0) is 4.79 Å². The first-order valence-electron chi connectivity index (χ1n) is 5.98. The van der Waals surface area contributed by atoms with E-state index in [9.17, 15) is 4.79 Å². The van der Waals surface area contributed by atoms with Crippen molar-refractivity contribution < 1.29 is 4.79 Å². The highest BCUT2D eigenvalue weighted by Crippen LogP contribution is 2.17. The average molecular weight is 235 g/mol. The third kappa shape index (κ3) is 4.34. The van der Waals surface area contributed by atoms with Crippen molar-refractivity contribution >= 4 is 17.3 Å². The maximum Gasteiger partial charge on any atom is 0.219 e. The zero-order valence-corrected chi connectivity index (χ0v) is 10.6. The van der Waals surface area contributed by atoms with E-state index in [-0.39, 0.29) is 5.91 Å². The Labute approximate surface area is 103 Å². The van der Waals surface area contributed by atoms with Gasteiger partial charge >= 0.3 is 0 Å². The van der Waals surface area contributed by atoms with Crippen molar-refractivity contribution in [1.82, 2.24) is 5.32 Å². The molecule has 0 aromatic heterocycles. The number of hydrogen-bond donors (Lipinski definition) is 2. The van der Waals surface area contributed by atoms with Crippen LogP contribution in [0.2, 0.25) is 0 Å². The van der Waals surface area contributed by atoms with Gasteiger partial charge in [-0.2, -0.15) is 0 Å². The number of hydrogen-bond acceptors (Lipinski definition) is 3. The normalized spacial score (nSPS) is 10.0. The maximum absolute atomic E-state index is 11.1. The minimum absolute atomic E-state index is 0.0913. The van der Waals surface area contributed by atoms with Gasteiger partial charge in [0.25, 0.3) is 0 Å². The first-order chi connectivity index (χ1) is 8.17. The van der Waals surface area contributed by atoms with Crippen molar-refractivity contribution in [3.8, 4) is 0 Å². The largest absolute Gasteiger partial charge is 0.399 e. The van der Waals surface area contributed by atoms with Gasteiger partial charge in [0.05, 0.1) is 0 Å². The number of benzene rings is 1. The molecule has 0 radical (unpaired) electrons. The van der Waals surface area contributed by atoms with E-state index in [0.717, 1.165) is 30.9 Å². The number of nitrogen functional groups attached to an aromatic ring is 1. The quantitative estimate of drug-likeness (QED) is 0.737. The summed E-state index contributed by atoms with van der Waals surface area (Å²) in [5.74, 6) is 0.0913. The van der Waals surface area contributed by atoms with E-state index in [1.54, 1.807) is 7.05 Å². The third-order valence-electron chi connectivity index (χ3n) is 2.73. The molecule has 1 aromatic rings. The lowest BCUT2D eigenvalue weighted by atomic mass is 10.2. The second-order valence-electron chi connectivity index (χ2n) is 3.95. The van der Waals surface area contributed by atoms with Gasteiger partial charge in [-0.05, 0) is 31.5 Å². The SMILES string of the molecule is CCN(CCCC(=O)NC)c1cccc(N)c1. The molecule has 1 amide bonds. The molecule has 0 aliphatic heterocycles. The minimum atomic E-state index is 0.0913. The number of carbonyl (C=O) groups excluding carboxylic acids is 1. The highest BCUT2D eigenvalue weighted by Gasteiger charge is 2.05. The van der Waals surface area contributed by atoms with Crippen molar-refractivity contribution in [3.63, 3.8) is 0 Å². The Balaban J connectivity index is 2.51. The lowest BCUT2D eigenvalue weighted by Crippen LogP contribution is -2.26. The van der Waals surface area contributed by atoms with Crippen LogP contribution in [-0.4, -0.2) is 26.0 Å². The fraction of sp³-hybridized carbons (Fsp3) is 0.462. The molecule has 0 aliphatic rings. The van der Waals surface area contributed by atoms with Gasteiger partial charge < -0.3 is 16.0 Å². The number of nitrogens with zero attached hydrogens (tertiary/aromatic N) is 1. The molecule has 0 aliphatic carbocycles. The van der Waals surface area contributed by atoms with Gasteiger partial charge in [-0.1, -0.05) is 6.07 Å². The first kappa shape index (κ1) is 13.4. The Kier molecular flexibility index (Phi) is 5.33. The predicted molar refractivity (Wildman–Crippen MR) is 72.0 cm³/mol. The molecule has 0 saturated heterocycles. The van der Waals surface area contributed by atoms with Crippen LogP contribution in [0.3, 0.4) is 0 Å². The summed E-state index contributed by atoms with van der Waals surface area (Å²) in [5.41, 5.74) is 7.64. The monoisotopic (exact) mass is 235 g/mol. The summed E-state index contributed by atoms with van der Waals surface area (Å²) in [7, 11) is 1.66. The molecule has 94 valence electrons. The summed E-state index contributed by atoms with van der Waals surface area (Å²) in [4.78, 5) is 13.3. The Morgan fingerprint density at radius 3 is 2.82 bits per heavy atom. The van der Waals surface area contributed by atoms with Gasteiger partial charge in [0.15, 0.2) is 0 Å². The standard InChI is InChI=1S/C13H21N3O/c1-3-16(9-5-8-13(17)15-2)12-7-4-6-11(14)10-12/h4,6-7,10H,3,5,8-9,14H2,1-2H3,(H,15,17). The molecule has 17 heavy (non-hydrogen) atoms. The Hall–Kier alpha value is -1.71. The summed E-state index contributed by atoms with van der Waals surface area (Å²) in [6.45, 7) is 3.88. The molecule has 1 aromatic carbocycles. The van der Waals surface area contributed by atoms with E-state index in [2.05, 4.69) is 17.1 Å². The van der Waals surface area contributed by atoms with E-state index in [1.165, 1.54) is 0 Å². The second-order valence-corrected chi connectivity index (χ2v) is 3.95. The number of amides is 1. The fourth-order valence-electron chi connectivity index (χ4n) is 1.75. The molecule has 0 atom stereocenters. The Bertz CT molecular complexity index is 365. The lowest BCUT2D eigenvalue weighted by molar-refractivity contribution is -0.120. The van der Waals surface area contributed by atoms with Gasteiger partial charge in [-0.25, -0.2) is 0 Å². The highest BCUT2D eigenvalue weighted by molar-refractivity contribution is 5.75. The van der Waals surface area contributed by atoms with Crippen molar-refractivity contribution in [2.75, 3.05) is 30.8 Å². The molecule has 0 fully saturated rings. The van der Waals surface area contributed by atoms with Gasteiger partial charge in [0.2, 0.25) is 5.91 Å². The number of rotatable bonds is 6. The zero-order chi connectivity index (χ0) is 12.7. The van der Waals surface area contributed by atoms with Crippen LogP contribution in [0.25, 0.3) is 0 Å². The van der Waals surface area contributed by atoms with Gasteiger partial charge in [0, 0.05) is 37.9 Å². The van der Waals surface area contributed by atoms with Crippen molar-refractivity contribution in [3.05, 3.63) is 24.3 Å².